The number of nitrogens with zero attached hydrogens (tertiary/aromatic N) is 3. The second kappa shape index (κ2) is 4.71. The number of fused-ring (bicyclic) bond motifs is 2. The molecule has 6 heteroatoms. The van der Waals surface area contributed by atoms with E-state index in [0.29, 0.717) is 5.92 Å². The third kappa shape index (κ3) is 2.05. The molecule has 4 rings (SSSR count). The molecule has 104 valence electrons. The van der Waals surface area contributed by atoms with Gasteiger partial charge in [-0.3, -0.25) is 0 Å². The summed E-state index contributed by atoms with van der Waals surface area (Å²) < 4.78 is 1.41. The van der Waals surface area contributed by atoms with Crippen LogP contribution in [-0.4, -0.2) is 46.4 Å². The lowest BCUT2D eigenvalue weighted by molar-refractivity contribution is 0.228. The molecule has 2 aromatic heterocycles. The van der Waals surface area contributed by atoms with Crippen LogP contribution in [0.15, 0.2) is 29.2 Å². The Morgan fingerprint density at radius 3 is 3.05 bits per heavy atom. The van der Waals surface area contributed by atoms with E-state index < -0.39 is 0 Å². The average molecular weight is 288 g/mol. The molecule has 0 spiro atoms. The molecule has 0 aliphatic carbocycles. The number of hydrogen-bond donors (Lipinski definition) is 1. The number of carbonyl (C=O) groups excluding carboxylic acids is 1. The lowest BCUT2D eigenvalue weighted by Crippen LogP contribution is -2.45. The van der Waals surface area contributed by atoms with Crippen LogP contribution in [0.1, 0.15) is 6.42 Å². The van der Waals surface area contributed by atoms with Gasteiger partial charge in [-0.25, -0.2) is 4.79 Å². The Bertz CT molecular complexity index is 621. The summed E-state index contributed by atoms with van der Waals surface area (Å²) in [7, 11) is 0. The molecule has 1 amide bonds. The van der Waals surface area contributed by atoms with Crippen LogP contribution < -0.4 is 5.32 Å². The Kier molecular flexibility index (Phi) is 2.85. The number of piperidine rings is 1. The van der Waals surface area contributed by atoms with E-state index in [0.717, 1.165) is 24.2 Å². The third-order valence-electron chi connectivity index (χ3n) is 4.29. The van der Waals surface area contributed by atoms with Gasteiger partial charge in [-0.05, 0) is 41.3 Å². The summed E-state index contributed by atoms with van der Waals surface area (Å²) in [6.07, 6.45) is 4.74. The normalized spacial score (nSPS) is 27.9. The highest BCUT2D eigenvalue weighted by molar-refractivity contribution is 7.08. The largest absolute Gasteiger partial charge is 0.342 e. The van der Waals surface area contributed by atoms with Gasteiger partial charge in [0.1, 0.15) is 0 Å². The van der Waals surface area contributed by atoms with Crippen molar-refractivity contribution >= 4 is 17.4 Å². The monoisotopic (exact) mass is 288 g/mol. The van der Waals surface area contributed by atoms with Crippen molar-refractivity contribution in [3.05, 3.63) is 29.2 Å². The molecule has 20 heavy (non-hydrogen) atoms. The highest BCUT2D eigenvalue weighted by Gasteiger charge is 2.38. The Hall–Kier alpha value is -1.66. The lowest BCUT2D eigenvalue weighted by atomic mass is 10.0. The maximum absolute atomic E-state index is 12.2. The van der Waals surface area contributed by atoms with E-state index in [4.69, 9.17) is 0 Å². The van der Waals surface area contributed by atoms with Crippen molar-refractivity contribution in [1.29, 1.82) is 0 Å². The minimum absolute atomic E-state index is 0.120. The summed E-state index contributed by atoms with van der Waals surface area (Å²) in [6, 6.07) is 2.20. The van der Waals surface area contributed by atoms with Gasteiger partial charge >= 0.3 is 6.03 Å². The first kappa shape index (κ1) is 12.1. The fourth-order valence-electron chi connectivity index (χ4n) is 3.18. The van der Waals surface area contributed by atoms with E-state index in [-0.39, 0.29) is 12.1 Å². The van der Waals surface area contributed by atoms with Crippen LogP contribution >= 0.6 is 11.3 Å². The molecule has 2 aromatic rings. The molecule has 2 unspecified atom stereocenters. The molecule has 3 atom stereocenters. The van der Waals surface area contributed by atoms with Gasteiger partial charge < -0.3 is 10.2 Å². The van der Waals surface area contributed by atoms with E-state index in [2.05, 4.69) is 20.7 Å². The average Bonchev–Trinajstić information content (AvgIpc) is 3.21. The van der Waals surface area contributed by atoms with Gasteiger partial charge in [-0.15, -0.1) is 0 Å². The first-order valence-electron chi connectivity index (χ1n) is 6.90. The fraction of sp³-hybridized carbons (Fsp3) is 0.429. The minimum Gasteiger partial charge on any atom is -0.332 e. The Labute approximate surface area is 121 Å². The zero-order chi connectivity index (χ0) is 13.5. The smallest absolute Gasteiger partial charge is 0.332 e. The zero-order valence-electron chi connectivity index (χ0n) is 11.0. The van der Waals surface area contributed by atoms with Gasteiger partial charge in [0.05, 0.1) is 6.20 Å². The van der Waals surface area contributed by atoms with Crippen molar-refractivity contribution in [2.45, 2.75) is 12.5 Å². The topological polar surface area (TPSA) is 50.2 Å². The van der Waals surface area contributed by atoms with Crippen molar-refractivity contribution in [3.63, 3.8) is 0 Å². The molecule has 2 fully saturated rings. The van der Waals surface area contributed by atoms with E-state index in [9.17, 15) is 4.79 Å². The van der Waals surface area contributed by atoms with Gasteiger partial charge in [-0.1, -0.05) is 0 Å². The molecule has 1 N–H and O–H groups in total. The van der Waals surface area contributed by atoms with E-state index in [1.807, 2.05) is 11.4 Å². The number of aromatic nitrogens is 2. The van der Waals surface area contributed by atoms with Crippen LogP contribution in [0, 0.1) is 5.92 Å². The summed E-state index contributed by atoms with van der Waals surface area (Å²) in [5.41, 5.74) is 2.10. The lowest BCUT2D eigenvalue weighted by Gasteiger charge is -2.22. The Balaban J connectivity index is 1.46. The maximum Gasteiger partial charge on any atom is 0.342 e. The van der Waals surface area contributed by atoms with Gasteiger partial charge in [-0.2, -0.15) is 21.1 Å². The van der Waals surface area contributed by atoms with E-state index in [1.165, 1.54) is 17.6 Å². The molecule has 2 aliphatic rings. The Morgan fingerprint density at radius 2 is 2.35 bits per heavy atom. The highest BCUT2D eigenvalue weighted by Crippen LogP contribution is 2.27. The van der Waals surface area contributed by atoms with E-state index >= 15 is 0 Å². The molecular formula is C14H16N4OS. The van der Waals surface area contributed by atoms with Gasteiger partial charge in [0.25, 0.3) is 0 Å². The molecule has 2 saturated heterocycles. The van der Waals surface area contributed by atoms with Crippen molar-refractivity contribution in [1.82, 2.24) is 20.0 Å². The fourth-order valence-corrected chi connectivity index (χ4v) is 3.85. The number of carbonyl (C=O) groups is 1. The first-order chi connectivity index (χ1) is 9.79. The SMILES string of the molecule is O=C(NC1CN2CC[C@H]1C2)n1cc(-c2ccsc2)cn1. The summed E-state index contributed by atoms with van der Waals surface area (Å²) >= 11 is 1.64. The molecule has 2 aliphatic heterocycles. The van der Waals surface area contributed by atoms with Crippen LogP contribution in [0.4, 0.5) is 4.79 Å². The van der Waals surface area contributed by atoms with Gasteiger partial charge in [0.2, 0.25) is 0 Å². The number of hydrogen-bond acceptors (Lipinski definition) is 4. The summed E-state index contributed by atoms with van der Waals surface area (Å²) in [6.45, 7) is 3.29. The predicted octanol–water partition coefficient (Wildman–Crippen LogP) is 1.87. The van der Waals surface area contributed by atoms with Crippen molar-refractivity contribution in [2.24, 2.45) is 5.92 Å². The van der Waals surface area contributed by atoms with Gasteiger partial charge in [0, 0.05) is 30.9 Å². The molecule has 0 radical (unpaired) electrons. The van der Waals surface area contributed by atoms with E-state index in [1.54, 1.807) is 23.7 Å². The first-order valence-corrected chi connectivity index (χ1v) is 7.84. The van der Waals surface area contributed by atoms with Crippen molar-refractivity contribution < 1.29 is 4.79 Å². The third-order valence-corrected chi connectivity index (χ3v) is 4.97. The second-order valence-corrected chi connectivity index (χ2v) is 6.33. The van der Waals surface area contributed by atoms with Crippen LogP contribution in [0.5, 0.6) is 0 Å². The number of amides is 1. The number of nitrogens with one attached hydrogen (secondary N) is 1. The Morgan fingerprint density at radius 1 is 1.40 bits per heavy atom. The summed E-state index contributed by atoms with van der Waals surface area (Å²) in [5.74, 6) is 0.617. The maximum atomic E-state index is 12.2. The molecule has 0 aromatic carbocycles. The molecular weight excluding hydrogens is 272 g/mol. The predicted molar refractivity (Wildman–Crippen MR) is 77.8 cm³/mol. The van der Waals surface area contributed by atoms with Crippen LogP contribution in [-0.2, 0) is 0 Å². The van der Waals surface area contributed by atoms with Crippen LogP contribution in [0.3, 0.4) is 0 Å². The van der Waals surface area contributed by atoms with Crippen LogP contribution in [0.2, 0.25) is 0 Å². The summed E-state index contributed by atoms with van der Waals surface area (Å²) in [4.78, 5) is 14.6. The molecule has 4 heterocycles. The molecule has 0 saturated carbocycles. The van der Waals surface area contributed by atoms with Gasteiger partial charge in [0.15, 0.2) is 0 Å². The molecule has 2 bridgehead atoms. The number of rotatable bonds is 2. The van der Waals surface area contributed by atoms with Crippen molar-refractivity contribution in [2.75, 3.05) is 19.6 Å². The van der Waals surface area contributed by atoms with Crippen molar-refractivity contribution in [3.8, 4) is 11.1 Å². The number of thiophene rings is 1. The zero-order valence-corrected chi connectivity index (χ0v) is 11.8. The second-order valence-electron chi connectivity index (χ2n) is 5.55. The highest BCUT2D eigenvalue weighted by atomic mass is 32.1. The summed E-state index contributed by atoms with van der Waals surface area (Å²) in [5, 5.41) is 11.4. The molecule has 5 nitrogen and oxygen atoms in total. The standard InChI is InChI=1S/C14H16N4OS/c19-14(16-13-8-17-3-1-10(13)6-17)18-7-12(5-15-18)11-2-4-20-9-11/h2,4-5,7,9-10,13H,1,3,6,8H2,(H,16,19)/t10-,13?/m0/s1. The van der Waals surface area contributed by atoms with Crippen LogP contribution in [0.25, 0.3) is 11.1 Å². The minimum atomic E-state index is -0.120. The quantitative estimate of drug-likeness (QED) is 0.918.